The molecule has 0 radical (unpaired) electrons. The van der Waals surface area contributed by atoms with Gasteiger partial charge in [0.2, 0.25) is 10.0 Å². The molecule has 0 bridgehead atoms. The summed E-state index contributed by atoms with van der Waals surface area (Å²) in [5.74, 6) is 0. The van der Waals surface area contributed by atoms with Gasteiger partial charge in [0.05, 0.1) is 4.90 Å². The van der Waals surface area contributed by atoms with Crippen LogP contribution < -0.4 is 0 Å². The van der Waals surface area contributed by atoms with Crippen molar-refractivity contribution < 1.29 is 8.42 Å². The third-order valence-electron chi connectivity index (χ3n) is 3.21. The number of benzene rings is 1. The minimum atomic E-state index is -3.37. The molecule has 0 aromatic heterocycles. The minimum absolute atomic E-state index is 0.0610. The van der Waals surface area contributed by atoms with Crippen molar-refractivity contribution in [2.75, 3.05) is 7.05 Å². The summed E-state index contributed by atoms with van der Waals surface area (Å²) >= 11 is 3.35. The summed E-state index contributed by atoms with van der Waals surface area (Å²) < 4.78 is 26.3. The summed E-state index contributed by atoms with van der Waals surface area (Å²) in [6.45, 7) is 4.02. The second kappa shape index (κ2) is 6.68. The summed E-state index contributed by atoms with van der Waals surface area (Å²) in [5, 5.41) is 0.732. The molecule has 0 amide bonds. The van der Waals surface area contributed by atoms with Gasteiger partial charge in [-0.3, -0.25) is 0 Å². The summed E-state index contributed by atoms with van der Waals surface area (Å²) in [6, 6.07) is 7.08. The first-order chi connectivity index (χ1) is 8.47. The molecule has 0 saturated heterocycles. The molecule has 5 heteroatoms. The molecular formula is C13H20BrNO2S. The largest absolute Gasteiger partial charge is 0.243 e. The zero-order valence-electron chi connectivity index (χ0n) is 11.1. The zero-order valence-corrected chi connectivity index (χ0v) is 13.5. The van der Waals surface area contributed by atoms with Crippen molar-refractivity contribution in [1.29, 1.82) is 0 Å². The highest BCUT2D eigenvalue weighted by Crippen LogP contribution is 2.20. The molecule has 0 aliphatic heterocycles. The van der Waals surface area contributed by atoms with E-state index in [4.69, 9.17) is 0 Å². The van der Waals surface area contributed by atoms with Crippen LogP contribution >= 0.6 is 15.9 Å². The lowest BCUT2D eigenvalue weighted by atomic mass is 10.2. The molecule has 18 heavy (non-hydrogen) atoms. The minimum Gasteiger partial charge on any atom is -0.207 e. The first-order valence-corrected chi connectivity index (χ1v) is 8.66. The average molecular weight is 334 g/mol. The first kappa shape index (κ1) is 15.7. The molecule has 0 unspecified atom stereocenters. The summed E-state index contributed by atoms with van der Waals surface area (Å²) in [7, 11) is -1.71. The van der Waals surface area contributed by atoms with E-state index >= 15 is 0 Å². The molecule has 1 rings (SSSR count). The van der Waals surface area contributed by atoms with Crippen molar-refractivity contribution in [3.05, 3.63) is 29.8 Å². The third kappa shape index (κ3) is 3.33. The number of alkyl halides is 1. The van der Waals surface area contributed by atoms with Crippen LogP contribution in [0.5, 0.6) is 0 Å². The van der Waals surface area contributed by atoms with Crippen LogP contribution in [0.15, 0.2) is 29.2 Å². The smallest absolute Gasteiger partial charge is 0.207 e. The highest BCUT2D eigenvalue weighted by molar-refractivity contribution is 9.08. The van der Waals surface area contributed by atoms with Gasteiger partial charge in [-0.25, -0.2) is 8.42 Å². The van der Waals surface area contributed by atoms with Crippen molar-refractivity contribution in [3.63, 3.8) is 0 Å². The van der Waals surface area contributed by atoms with Crippen LogP contribution in [-0.4, -0.2) is 25.8 Å². The fourth-order valence-electron chi connectivity index (χ4n) is 1.92. The average Bonchev–Trinajstić information content (AvgIpc) is 2.40. The quantitative estimate of drug-likeness (QED) is 0.748. The summed E-state index contributed by atoms with van der Waals surface area (Å²) in [4.78, 5) is 0.363. The molecule has 0 atom stereocenters. The van der Waals surface area contributed by atoms with Crippen molar-refractivity contribution in [3.8, 4) is 0 Å². The highest BCUT2D eigenvalue weighted by Gasteiger charge is 2.25. The van der Waals surface area contributed by atoms with Crippen molar-refractivity contribution >= 4 is 26.0 Å². The van der Waals surface area contributed by atoms with Crippen LogP contribution in [0.1, 0.15) is 32.3 Å². The predicted molar refractivity (Wildman–Crippen MR) is 78.4 cm³/mol. The van der Waals surface area contributed by atoms with E-state index in [9.17, 15) is 8.42 Å². The second-order valence-electron chi connectivity index (χ2n) is 4.27. The first-order valence-electron chi connectivity index (χ1n) is 6.10. The molecule has 0 spiro atoms. The topological polar surface area (TPSA) is 37.4 Å². The van der Waals surface area contributed by atoms with Crippen LogP contribution in [0.4, 0.5) is 0 Å². The van der Waals surface area contributed by atoms with Crippen molar-refractivity contribution in [2.45, 2.75) is 43.0 Å². The van der Waals surface area contributed by atoms with Gasteiger partial charge in [0.1, 0.15) is 0 Å². The van der Waals surface area contributed by atoms with Gasteiger partial charge < -0.3 is 0 Å². The number of sulfonamides is 1. The van der Waals surface area contributed by atoms with E-state index in [1.807, 2.05) is 26.0 Å². The van der Waals surface area contributed by atoms with Gasteiger partial charge in [-0.15, -0.1) is 0 Å². The van der Waals surface area contributed by atoms with E-state index in [0.29, 0.717) is 4.90 Å². The predicted octanol–water partition coefficient (Wildman–Crippen LogP) is 3.39. The van der Waals surface area contributed by atoms with Gasteiger partial charge in [-0.05, 0) is 30.5 Å². The lowest BCUT2D eigenvalue weighted by Crippen LogP contribution is -2.36. The van der Waals surface area contributed by atoms with Crippen molar-refractivity contribution in [1.82, 2.24) is 4.31 Å². The Labute approximate surface area is 118 Å². The molecule has 1 aromatic carbocycles. The molecule has 0 N–H and O–H groups in total. The van der Waals surface area contributed by atoms with Gasteiger partial charge >= 0.3 is 0 Å². The molecule has 0 aliphatic rings. The number of rotatable bonds is 6. The number of halogens is 1. The van der Waals surface area contributed by atoms with Gasteiger partial charge in [-0.2, -0.15) is 4.31 Å². The van der Waals surface area contributed by atoms with E-state index in [-0.39, 0.29) is 6.04 Å². The van der Waals surface area contributed by atoms with E-state index in [2.05, 4.69) is 15.9 Å². The van der Waals surface area contributed by atoms with Gasteiger partial charge in [0.25, 0.3) is 0 Å². The molecule has 0 fully saturated rings. The fraction of sp³-hybridized carbons (Fsp3) is 0.538. The van der Waals surface area contributed by atoms with E-state index < -0.39 is 10.0 Å². The van der Waals surface area contributed by atoms with Crippen LogP contribution in [0, 0.1) is 0 Å². The molecular weight excluding hydrogens is 314 g/mol. The Morgan fingerprint density at radius 3 is 2.06 bits per heavy atom. The maximum atomic E-state index is 12.4. The maximum absolute atomic E-state index is 12.4. The number of hydrogen-bond donors (Lipinski definition) is 0. The van der Waals surface area contributed by atoms with Crippen LogP contribution in [0.3, 0.4) is 0 Å². The third-order valence-corrected chi connectivity index (χ3v) is 5.78. The fourth-order valence-corrected chi connectivity index (χ4v) is 3.79. The lowest BCUT2D eigenvalue weighted by Gasteiger charge is -2.25. The number of nitrogens with zero attached hydrogens (tertiary/aromatic N) is 1. The summed E-state index contributed by atoms with van der Waals surface area (Å²) in [6.07, 6.45) is 1.65. The Balaban J connectivity index is 3.04. The Morgan fingerprint density at radius 1 is 1.17 bits per heavy atom. The second-order valence-corrected chi connectivity index (χ2v) is 6.83. The van der Waals surface area contributed by atoms with Gasteiger partial charge in [-0.1, -0.05) is 41.9 Å². The summed E-state index contributed by atoms with van der Waals surface area (Å²) in [5.41, 5.74) is 1.07. The Hall–Kier alpha value is -0.390. The van der Waals surface area contributed by atoms with E-state index in [1.165, 1.54) is 4.31 Å². The van der Waals surface area contributed by atoms with E-state index in [0.717, 1.165) is 23.7 Å². The Bertz CT molecular complexity index is 466. The van der Waals surface area contributed by atoms with Gasteiger partial charge in [0, 0.05) is 18.4 Å². The molecule has 0 saturated carbocycles. The molecule has 3 nitrogen and oxygen atoms in total. The molecule has 1 aromatic rings. The SMILES string of the molecule is CCC(CC)N(C)S(=O)(=O)c1ccc(CBr)cc1. The molecule has 102 valence electrons. The Morgan fingerprint density at radius 2 is 1.67 bits per heavy atom. The molecule has 0 aliphatic carbocycles. The standard InChI is InChI=1S/C13H20BrNO2S/c1-4-12(5-2)15(3)18(16,17)13-8-6-11(10-14)7-9-13/h6-9,12H,4-5,10H2,1-3H3. The zero-order chi connectivity index (χ0) is 13.8. The maximum Gasteiger partial charge on any atom is 0.243 e. The highest BCUT2D eigenvalue weighted by atomic mass is 79.9. The normalized spacial score (nSPS) is 12.3. The molecule has 0 heterocycles. The van der Waals surface area contributed by atoms with Crippen LogP contribution in [0.2, 0.25) is 0 Å². The monoisotopic (exact) mass is 333 g/mol. The van der Waals surface area contributed by atoms with Gasteiger partial charge in [0.15, 0.2) is 0 Å². The van der Waals surface area contributed by atoms with Crippen LogP contribution in [-0.2, 0) is 15.4 Å². The Kier molecular flexibility index (Phi) is 5.82. The van der Waals surface area contributed by atoms with E-state index in [1.54, 1.807) is 19.2 Å². The van der Waals surface area contributed by atoms with Crippen molar-refractivity contribution in [2.24, 2.45) is 0 Å². The lowest BCUT2D eigenvalue weighted by molar-refractivity contribution is 0.349. The number of hydrogen-bond acceptors (Lipinski definition) is 2. The van der Waals surface area contributed by atoms with Crippen LogP contribution in [0.25, 0.3) is 0 Å².